The van der Waals surface area contributed by atoms with Crippen molar-refractivity contribution in [1.29, 1.82) is 0 Å². The van der Waals surface area contributed by atoms with E-state index >= 15 is 0 Å². The second-order valence-electron chi connectivity index (χ2n) is 4.25. The minimum absolute atomic E-state index is 0.0229. The molecule has 0 amide bonds. The predicted molar refractivity (Wildman–Crippen MR) is 80.5 cm³/mol. The molecule has 0 aromatic heterocycles. The van der Waals surface area contributed by atoms with E-state index in [4.69, 9.17) is 5.11 Å². The summed E-state index contributed by atoms with van der Waals surface area (Å²) < 4.78 is 0.773. The maximum Gasteiger partial charge on any atom is 0.292 e. The molecule has 0 unspecified atom stereocenters. The first-order chi connectivity index (χ1) is 9.60. The monoisotopic (exact) mass is 336 g/mol. The zero-order chi connectivity index (χ0) is 14.5. The molecule has 0 radical (unpaired) electrons. The maximum atomic E-state index is 11.0. The van der Waals surface area contributed by atoms with E-state index in [-0.39, 0.29) is 12.3 Å². The molecule has 0 aliphatic heterocycles. The normalized spacial score (nSPS) is 10.3. The zero-order valence-corrected chi connectivity index (χ0v) is 12.1. The van der Waals surface area contributed by atoms with Crippen molar-refractivity contribution in [1.82, 2.24) is 0 Å². The Morgan fingerprint density at radius 1 is 1.20 bits per heavy atom. The van der Waals surface area contributed by atoms with E-state index in [1.807, 2.05) is 24.3 Å². The van der Waals surface area contributed by atoms with Gasteiger partial charge in [-0.1, -0.05) is 40.2 Å². The standard InChI is InChI=1S/C14H13BrN2O3/c15-12-4-5-14(17(19)20)13(7-12)16-8-10-2-1-3-11(6-10)9-18/h1-7,16,18H,8-9H2. The van der Waals surface area contributed by atoms with Crippen LogP contribution in [-0.4, -0.2) is 10.0 Å². The Bertz CT molecular complexity index is 632. The summed E-state index contributed by atoms with van der Waals surface area (Å²) in [7, 11) is 0. The molecule has 2 N–H and O–H groups in total. The van der Waals surface area contributed by atoms with Crippen LogP contribution in [0.25, 0.3) is 0 Å². The van der Waals surface area contributed by atoms with Gasteiger partial charge in [-0.25, -0.2) is 0 Å². The second-order valence-corrected chi connectivity index (χ2v) is 5.17. The van der Waals surface area contributed by atoms with Gasteiger partial charge in [-0.3, -0.25) is 10.1 Å². The Morgan fingerprint density at radius 2 is 1.95 bits per heavy atom. The van der Waals surface area contributed by atoms with Gasteiger partial charge in [0.2, 0.25) is 0 Å². The van der Waals surface area contributed by atoms with Crippen LogP contribution >= 0.6 is 15.9 Å². The highest BCUT2D eigenvalue weighted by molar-refractivity contribution is 9.10. The van der Waals surface area contributed by atoms with Gasteiger partial charge < -0.3 is 10.4 Å². The molecule has 20 heavy (non-hydrogen) atoms. The fraction of sp³-hybridized carbons (Fsp3) is 0.143. The molecule has 6 heteroatoms. The molecular weight excluding hydrogens is 324 g/mol. The van der Waals surface area contributed by atoms with Crippen LogP contribution in [0.15, 0.2) is 46.9 Å². The van der Waals surface area contributed by atoms with Crippen LogP contribution in [0.1, 0.15) is 11.1 Å². The van der Waals surface area contributed by atoms with Crippen molar-refractivity contribution in [3.8, 4) is 0 Å². The highest BCUT2D eigenvalue weighted by Crippen LogP contribution is 2.28. The lowest BCUT2D eigenvalue weighted by molar-refractivity contribution is -0.384. The molecule has 2 rings (SSSR count). The van der Waals surface area contributed by atoms with Crippen LogP contribution in [0.4, 0.5) is 11.4 Å². The van der Waals surface area contributed by atoms with E-state index in [1.165, 1.54) is 6.07 Å². The molecule has 0 fully saturated rings. The van der Waals surface area contributed by atoms with Crippen LogP contribution in [0.2, 0.25) is 0 Å². The van der Waals surface area contributed by atoms with Gasteiger partial charge in [0.25, 0.3) is 5.69 Å². The fourth-order valence-corrected chi connectivity index (χ4v) is 2.21. The van der Waals surface area contributed by atoms with Gasteiger partial charge in [-0.2, -0.15) is 0 Å². The average molecular weight is 337 g/mol. The highest BCUT2D eigenvalue weighted by Gasteiger charge is 2.13. The summed E-state index contributed by atoms with van der Waals surface area (Å²) in [5, 5.41) is 23.1. The topological polar surface area (TPSA) is 75.4 Å². The third-order valence-corrected chi connectivity index (χ3v) is 3.31. The van der Waals surface area contributed by atoms with E-state index in [1.54, 1.807) is 12.1 Å². The SMILES string of the molecule is O=[N+]([O-])c1ccc(Br)cc1NCc1cccc(CO)c1. The van der Waals surface area contributed by atoms with Crippen molar-refractivity contribution in [3.63, 3.8) is 0 Å². The van der Waals surface area contributed by atoms with Crippen molar-refractivity contribution in [2.24, 2.45) is 0 Å². The number of aliphatic hydroxyl groups excluding tert-OH is 1. The lowest BCUT2D eigenvalue weighted by atomic mass is 10.1. The van der Waals surface area contributed by atoms with Gasteiger partial charge in [-0.05, 0) is 23.3 Å². The highest BCUT2D eigenvalue weighted by atomic mass is 79.9. The number of halogens is 1. The number of nitro benzene ring substituents is 1. The fourth-order valence-electron chi connectivity index (χ4n) is 1.84. The largest absolute Gasteiger partial charge is 0.392 e. The van der Waals surface area contributed by atoms with Crippen molar-refractivity contribution >= 4 is 27.3 Å². The van der Waals surface area contributed by atoms with E-state index in [0.717, 1.165) is 15.6 Å². The number of nitro groups is 1. The lowest BCUT2D eigenvalue weighted by Crippen LogP contribution is -2.03. The number of hydrogen-bond donors (Lipinski definition) is 2. The summed E-state index contributed by atoms with van der Waals surface area (Å²) in [5.41, 5.74) is 2.25. The first kappa shape index (κ1) is 14.5. The van der Waals surface area contributed by atoms with Gasteiger partial charge >= 0.3 is 0 Å². The van der Waals surface area contributed by atoms with Gasteiger partial charge in [-0.15, -0.1) is 0 Å². The number of rotatable bonds is 5. The Labute approximate surface area is 124 Å². The minimum atomic E-state index is -0.418. The molecule has 0 heterocycles. The molecule has 5 nitrogen and oxygen atoms in total. The summed E-state index contributed by atoms with van der Waals surface area (Å²) in [5.74, 6) is 0. The maximum absolute atomic E-state index is 11.0. The van der Waals surface area contributed by atoms with Gasteiger partial charge in [0, 0.05) is 17.1 Å². The summed E-state index contributed by atoms with van der Waals surface area (Å²) in [6.45, 7) is 0.427. The molecule has 0 bridgehead atoms. The summed E-state index contributed by atoms with van der Waals surface area (Å²) in [6.07, 6.45) is 0. The van der Waals surface area contributed by atoms with Crippen molar-refractivity contribution < 1.29 is 10.0 Å². The van der Waals surface area contributed by atoms with Crippen molar-refractivity contribution in [2.45, 2.75) is 13.2 Å². The van der Waals surface area contributed by atoms with Crippen molar-refractivity contribution in [2.75, 3.05) is 5.32 Å². The van der Waals surface area contributed by atoms with E-state index < -0.39 is 4.92 Å². The molecule has 0 atom stereocenters. The Morgan fingerprint density at radius 3 is 2.65 bits per heavy atom. The van der Waals surface area contributed by atoms with Crippen LogP contribution in [-0.2, 0) is 13.2 Å². The molecule has 104 valence electrons. The number of anilines is 1. The number of nitrogens with zero attached hydrogens (tertiary/aromatic N) is 1. The van der Waals surface area contributed by atoms with Crippen LogP contribution in [0.3, 0.4) is 0 Å². The zero-order valence-electron chi connectivity index (χ0n) is 10.5. The number of hydrogen-bond acceptors (Lipinski definition) is 4. The van der Waals surface area contributed by atoms with Gasteiger partial charge in [0.1, 0.15) is 5.69 Å². The smallest absolute Gasteiger partial charge is 0.292 e. The number of benzene rings is 2. The Balaban J connectivity index is 2.17. The molecule has 2 aromatic rings. The third kappa shape index (κ3) is 3.55. The van der Waals surface area contributed by atoms with Crippen LogP contribution in [0, 0.1) is 10.1 Å². The Kier molecular flexibility index (Phi) is 4.70. The first-order valence-electron chi connectivity index (χ1n) is 5.96. The quantitative estimate of drug-likeness (QED) is 0.647. The molecule has 0 aliphatic carbocycles. The first-order valence-corrected chi connectivity index (χ1v) is 6.76. The Hall–Kier alpha value is -1.92. The third-order valence-electron chi connectivity index (χ3n) is 2.81. The molecule has 2 aromatic carbocycles. The molecule has 0 spiro atoms. The molecule has 0 saturated heterocycles. The second kappa shape index (κ2) is 6.49. The van der Waals surface area contributed by atoms with Crippen LogP contribution in [0.5, 0.6) is 0 Å². The van der Waals surface area contributed by atoms with E-state index in [2.05, 4.69) is 21.2 Å². The van der Waals surface area contributed by atoms with Gasteiger partial charge in [0.15, 0.2) is 0 Å². The number of nitrogens with one attached hydrogen (secondary N) is 1. The predicted octanol–water partition coefficient (Wildman–Crippen LogP) is 3.46. The van der Waals surface area contributed by atoms with E-state index in [0.29, 0.717) is 12.2 Å². The van der Waals surface area contributed by atoms with Crippen molar-refractivity contribution in [3.05, 3.63) is 68.2 Å². The molecule has 0 aliphatic rings. The summed E-state index contributed by atoms with van der Waals surface area (Å²) in [6, 6.07) is 12.2. The average Bonchev–Trinajstić information content (AvgIpc) is 2.45. The van der Waals surface area contributed by atoms with Crippen LogP contribution < -0.4 is 5.32 Å². The number of aliphatic hydroxyl groups is 1. The molecule has 0 saturated carbocycles. The van der Waals surface area contributed by atoms with Gasteiger partial charge in [0.05, 0.1) is 11.5 Å². The molecular formula is C14H13BrN2O3. The lowest BCUT2D eigenvalue weighted by Gasteiger charge is -2.08. The minimum Gasteiger partial charge on any atom is -0.392 e. The van der Waals surface area contributed by atoms with E-state index in [9.17, 15) is 10.1 Å². The summed E-state index contributed by atoms with van der Waals surface area (Å²) in [4.78, 5) is 10.5. The summed E-state index contributed by atoms with van der Waals surface area (Å²) >= 11 is 3.30.